The van der Waals surface area contributed by atoms with Crippen molar-refractivity contribution < 1.29 is 16.9 Å². The van der Waals surface area contributed by atoms with Crippen LogP contribution in [0.25, 0.3) is 0 Å². The van der Waals surface area contributed by atoms with Crippen LogP contribution < -0.4 is 12.4 Å². The Morgan fingerprint density at radius 2 is 1.31 bits per heavy atom. The summed E-state index contributed by atoms with van der Waals surface area (Å²) in [6.45, 7) is 9.71. The summed E-state index contributed by atoms with van der Waals surface area (Å²) in [5.41, 5.74) is 1.44. The molecule has 26 heavy (non-hydrogen) atoms. The van der Waals surface area contributed by atoms with E-state index in [0.29, 0.717) is 0 Å². The Balaban J connectivity index is 0.00000625. The van der Waals surface area contributed by atoms with Crippen LogP contribution in [0.15, 0.2) is 43.0 Å². The molecule has 1 aromatic rings. The average Bonchev–Trinajstić information content (AvgIpc) is 2.61. The van der Waals surface area contributed by atoms with Crippen LogP contribution in [0.4, 0.5) is 0 Å². The summed E-state index contributed by atoms with van der Waals surface area (Å²) in [6.07, 6.45) is 17.7. The zero-order chi connectivity index (χ0) is 18.2. The third-order valence-corrected chi connectivity index (χ3v) is 5.28. The lowest BCUT2D eigenvalue weighted by Gasteiger charge is -2.34. The van der Waals surface area contributed by atoms with E-state index in [4.69, 9.17) is 0 Å². The molecule has 1 atom stereocenters. The fourth-order valence-electron chi connectivity index (χ4n) is 3.73. The molecule has 0 radical (unpaired) electrons. The van der Waals surface area contributed by atoms with Crippen LogP contribution in [0.2, 0.25) is 0 Å². The number of benzene rings is 1. The SMILES string of the molecule is C=CC[N+](C)(CCCCCCCCCCCCC)Cc1ccccc1.[Cl-]. The number of unbranched alkanes of at least 4 members (excludes halogenated alkanes) is 10. The molecule has 2 heteroatoms. The summed E-state index contributed by atoms with van der Waals surface area (Å²) in [4.78, 5) is 0. The lowest BCUT2D eigenvalue weighted by molar-refractivity contribution is -0.917. The molecule has 0 heterocycles. The van der Waals surface area contributed by atoms with Crippen molar-refractivity contribution in [3.63, 3.8) is 0 Å². The molecule has 0 aromatic heterocycles. The molecule has 0 spiro atoms. The van der Waals surface area contributed by atoms with Gasteiger partial charge in [0.25, 0.3) is 0 Å². The van der Waals surface area contributed by atoms with Gasteiger partial charge >= 0.3 is 0 Å². The van der Waals surface area contributed by atoms with Crippen LogP contribution in [-0.4, -0.2) is 24.6 Å². The maximum atomic E-state index is 3.98. The highest BCUT2D eigenvalue weighted by molar-refractivity contribution is 5.13. The second-order valence-corrected chi connectivity index (χ2v) is 7.99. The number of nitrogens with zero attached hydrogens (tertiary/aromatic N) is 1. The van der Waals surface area contributed by atoms with Gasteiger partial charge in [0.05, 0.1) is 20.1 Å². The van der Waals surface area contributed by atoms with Crippen molar-refractivity contribution in [3.05, 3.63) is 48.6 Å². The predicted molar refractivity (Wildman–Crippen MR) is 113 cm³/mol. The van der Waals surface area contributed by atoms with Crippen LogP contribution in [0.5, 0.6) is 0 Å². The molecule has 1 nitrogen and oxygen atoms in total. The molecule has 0 fully saturated rings. The maximum absolute atomic E-state index is 3.98. The maximum Gasteiger partial charge on any atom is 0.104 e. The largest absolute Gasteiger partial charge is 1.00 e. The highest BCUT2D eigenvalue weighted by Gasteiger charge is 2.19. The van der Waals surface area contributed by atoms with Crippen molar-refractivity contribution in [1.29, 1.82) is 0 Å². The highest BCUT2D eigenvalue weighted by atomic mass is 35.5. The Kier molecular flexibility index (Phi) is 15.9. The van der Waals surface area contributed by atoms with Gasteiger partial charge in [-0.15, -0.1) is 0 Å². The molecule has 0 aliphatic carbocycles. The summed E-state index contributed by atoms with van der Waals surface area (Å²) < 4.78 is 1.09. The topological polar surface area (TPSA) is 0 Å². The van der Waals surface area contributed by atoms with E-state index in [2.05, 4.69) is 57.0 Å². The molecule has 1 unspecified atom stereocenters. The first-order chi connectivity index (χ1) is 12.2. The van der Waals surface area contributed by atoms with Gasteiger partial charge in [0.1, 0.15) is 6.54 Å². The molecule has 0 aliphatic heterocycles. The number of hydrogen-bond donors (Lipinski definition) is 0. The van der Waals surface area contributed by atoms with E-state index in [1.54, 1.807) is 0 Å². The first-order valence-electron chi connectivity index (χ1n) is 10.7. The number of likely N-dealkylation sites (N-methyl/N-ethyl adjacent to an activating group) is 1. The smallest absolute Gasteiger partial charge is 0.104 e. The Hall–Kier alpha value is -0.790. The van der Waals surface area contributed by atoms with E-state index in [0.717, 1.165) is 17.6 Å². The number of rotatable bonds is 16. The second kappa shape index (κ2) is 16.4. The quantitative estimate of drug-likeness (QED) is 0.230. The molecule has 0 amide bonds. The fourth-order valence-corrected chi connectivity index (χ4v) is 3.73. The van der Waals surface area contributed by atoms with Crippen LogP contribution in [0, 0.1) is 0 Å². The Morgan fingerprint density at radius 1 is 0.808 bits per heavy atom. The van der Waals surface area contributed by atoms with E-state index in [1.807, 2.05) is 0 Å². The van der Waals surface area contributed by atoms with Crippen LogP contribution in [-0.2, 0) is 6.54 Å². The summed E-state index contributed by atoms with van der Waals surface area (Å²) in [7, 11) is 2.38. The van der Waals surface area contributed by atoms with Gasteiger partial charge in [-0.2, -0.15) is 0 Å². The molecular weight excluding hydrogens is 338 g/mol. The normalized spacial score (nSPS) is 13.0. The van der Waals surface area contributed by atoms with Crippen molar-refractivity contribution in [2.75, 3.05) is 20.1 Å². The van der Waals surface area contributed by atoms with Gasteiger partial charge in [-0.1, -0.05) is 102 Å². The van der Waals surface area contributed by atoms with E-state index in [9.17, 15) is 0 Å². The van der Waals surface area contributed by atoms with E-state index in [1.165, 1.54) is 82.7 Å². The third-order valence-electron chi connectivity index (χ3n) is 5.28. The molecule has 0 saturated carbocycles. The van der Waals surface area contributed by atoms with E-state index in [-0.39, 0.29) is 12.4 Å². The molecule has 0 aliphatic rings. The highest BCUT2D eigenvalue weighted by Crippen LogP contribution is 2.16. The molecule has 0 N–H and O–H groups in total. The number of quaternary nitrogens is 1. The number of hydrogen-bond acceptors (Lipinski definition) is 0. The van der Waals surface area contributed by atoms with Crippen molar-refractivity contribution >= 4 is 0 Å². The van der Waals surface area contributed by atoms with Crippen LogP contribution >= 0.6 is 0 Å². The van der Waals surface area contributed by atoms with Crippen molar-refractivity contribution in [1.82, 2.24) is 0 Å². The molecule has 0 saturated heterocycles. The van der Waals surface area contributed by atoms with Crippen molar-refractivity contribution in [2.45, 2.75) is 84.1 Å². The Labute approximate surface area is 169 Å². The first kappa shape index (κ1) is 25.2. The molecule has 1 rings (SSSR count). The fraction of sp³-hybridized carbons (Fsp3) is 0.667. The van der Waals surface area contributed by atoms with Crippen LogP contribution in [0.3, 0.4) is 0 Å². The van der Waals surface area contributed by atoms with Gasteiger partial charge in [-0.05, 0) is 18.9 Å². The van der Waals surface area contributed by atoms with Gasteiger partial charge in [-0.3, -0.25) is 0 Å². The monoisotopic (exact) mass is 379 g/mol. The zero-order valence-corrected chi connectivity index (χ0v) is 18.2. The number of halogens is 1. The minimum Gasteiger partial charge on any atom is -1.00 e. The molecule has 1 aromatic carbocycles. The summed E-state index contributed by atoms with van der Waals surface area (Å²) in [5, 5.41) is 0. The van der Waals surface area contributed by atoms with Gasteiger partial charge in [0.2, 0.25) is 0 Å². The summed E-state index contributed by atoms with van der Waals surface area (Å²) in [6, 6.07) is 10.9. The van der Waals surface area contributed by atoms with Gasteiger partial charge < -0.3 is 16.9 Å². The molecular formula is C24H42ClN. The Bertz CT molecular complexity index is 431. The minimum atomic E-state index is 0. The third kappa shape index (κ3) is 12.5. The molecule has 150 valence electrons. The average molecular weight is 380 g/mol. The van der Waals surface area contributed by atoms with E-state index < -0.39 is 0 Å². The van der Waals surface area contributed by atoms with Crippen molar-refractivity contribution in [3.8, 4) is 0 Å². The Morgan fingerprint density at radius 3 is 1.81 bits per heavy atom. The lowest BCUT2D eigenvalue weighted by atomic mass is 10.1. The second-order valence-electron chi connectivity index (χ2n) is 7.99. The van der Waals surface area contributed by atoms with Gasteiger partial charge in [0, 0.05) is 5.56 Å². The zero-order valence-electron chi connectivity index (χ0n) is 17.4. The molecule has 0 bridgehead atoms. The summed E-state index contributed by atoms with van der Waals surface area (Å²) >= 11 is 0. The summed E-state index contributed by atoms with van der Waals surface area (Å²) in [5.74, 6) is 0. The first-order valence-corrected chi connectivity index (χ1v) is 10.7. The van der Waals surface area contributed by atoms with Crippen LogP contribution in [0.1, 0.15) is 83.1 Å². The standard InChI is InChI=1S/C24H42N.ClH/c1-4-6-7-8-9-10-11-12-13-14-18-22-25(3,21-5-2)23-24-19-16-15-17-20-24;/h5,15-17,19-20H,2,4,6-14,18,21-23H2,1,3H3;1H/q+1;/p-1. The van der Waals surface area contributed by atoms with Crippen molar-refractivity contribution in [2.24, 2.45) is 0 Å². The lowest BCUT2D eigenvalue weighted by Crippen LogP contribution is -3.00. The van der Waals surface area contributed by atoms with Gasteiger partial charge in [0.15, 0.2) is 0 Å². The predicted octanol–water partition coefficient (Wildman–Crippen LogP) is 4.13. The van der Waals surface area contributed by atoms with Gasteiger partial charge in [-0.25, -0.2) is 0 Å². The van der Waals surface area contributed by atoms with E-state index >= 15 is 0 Å². The minimum absolute atomic E-state index is 0.